The Morgan fingerprint density at radius 3 is 2.71 bits per heavy atom. The Morgan fingerprint density at radius 2 is 2.00 bits per heavy atom. The summed E-state index contributed by atoms with van der Waals surface area (Å²) in [6.45, 7) is 0.0287. The molecule has 1 amide bonds. The van der Waals surface area contributed by atoms with Crippen LogP contribution in [0.15, 0.2) is 30.3 Å². The van der Waals surface area contributed by atoms with Crippen molar-refractivity contribution in [2.45, 2.75) is 24.9 Å². The second kappa shape index (κ2) is 5.27. The smallest absolute Gasteiger partial charge is 0.251 e. The van der Waals surface area contributed by atoms with Crippen molar-refractivity contribution in [2.24, 2.45) is 0 Å². The number of aliphatic hydroxyl groups is 2. The van der Waals surface area contributed by atoms with Crippen molar-refractivity contribution >= 4 is 5.91 Å². The molecule has 5 heteroatoms. The molecule has 3 atom stereocenters. The van der Waals surface area contributed by atoms with Gasteiger partial charge in [0.05, 0.1) is 18.8 Å². The first-order chi connectivity index (χ1) is 8.16. The number of nitrogens with one attached hydrogen (secondary N) is 1. The van der Waals surface area contributed by atoms with Gasteiger partial charge in [0, 0.05) is 12.0 Å². The van der Waals surface area contributed by atoms with E-state index < -0.39 is 18.4 Å². The van der Waals surface area contributed by atoms with E-state index in [2.05, 4.69) is 5.32 Å². The normalized spacial score (nSPS) is 28.7. The summed E-state index contributed by atoms with van der Waals surface area (Å²) < 4.78 is 4.86. The lowest BCUT2D eigenvalue weighted by Gasteiger charge is -2.31. The Hall–Kier alpha value is -1.43. The van der Waals surface area contributed by atoms with E-state index in [1.54, 1.807) is 24.3 Å². The third-order valence-corrected chi connectivity index (χ3v) is 2.73. The highest BCUT2D eigenvalue weighted by Gasteiger charge is 2.30. The lowest BCUT2D eigenvalue weighted by molar-refractivity contribution is -0.165. The van der Waals surface area contributed by atoms with Crippen molar-refractivity contribution in [3.63, 3.8) is 0 Å². The summed E-state index contributed by atoms with van der Waals surface area (Å²) in [7, 11) is 0. The fourth-order valence-corrected chi connectivity index (χ4v) is 1.76. The van der Waals surface area contributed by atoms with Crippen molar-refractivity contribution in [3.8, 4) is 0 Å². The maximum Gasteiger partial charge on any atom is 0.251 e. The molecule has 0 aromatic heterocycles. The molecule has 2 rings (SSSR count). The number of rotatable bonds is 2. The van der Waals surface area contributed by atoms with Gasteiger partial charge in [0.25, 0.3) is 5.91 Å². The van der Waals surface area contributed by atoms with Crippen molar-refractivity contribution in [2.75, 3.05) is 6.61 Å². The van der Waals surface area contributed by atoms with Gasteiger partial charge in [-0.05, 0) is 12.1 Å². The minimum Gasteiger partial charge on any atom is -0.389 e. The molecule has 0 spiro atoms. The van der Waals surface area contributed by atoms with Crippen LogP contribution in [0, 0.1) is 0 Å². The van der Waals surface area contributed by atoms with E-state index in [0.717, 1.165) is 0 Å². The molecule has 1 saturated heterocycles. The van der Waals surface area contributed by atoms with Gasteiger partial charge in [-0.25, -0.2) is 0 Å². The van der Waals surface area contributed by atoms with Gasteiger partial charge in [0.15, 0.2) is 6.29 Å². The number of benzene rings is 1. The van der Waals surface area contributed by atoms with Crippen LogP contribution in [0.5, 0.6) is 0 Å². The fraction of sp³-hybridized carbons (Fsp3) is 0.417. The van der Waals surface area contributed by atoms with Crippen LogP contribution in [0.2, 0.25) is 0 Å². The highest BCUT2D eigenvalue weighted by molar-refractivity contribution is 5.94. The van der Waals surface area contributed by atoms with E-state index in [-0.39, 0.29) is 18.9 Å². The van der Waals surface area contributed by atoms with Crippen molar-refractivity contribution in [3.05, 3.63) is 35.9 Å². The standard InChI is InChI=1S/C12H15NO4/c14-10-7-17-11(15)6-9(10)13-12(16)8-4-2-1-3-5-8/h1-5,9-11,14-15H,6-7H2,(H,13,16)/t9-,10-,11-/m1/s1. The molecule has 1 aliphatic rings. The highest BCUT2D eigenvalue weighted by Crippen LogP contribution is 2.13. The number of amides is 1. The number of hydrogen-bond acceptors (Lipinski definition) is 4. The topological polar surface area (TPSA) is 78.8 Å². The summed E-state index contributed by atoms with van der Waals surface area (Å²) in [5, 5.41) is 21.6. The number of aliphatic hydroxyl groups excluding tert-OH is 2. The van der Waals surface area contributed by atoms with Crippen molar-refractivity contribution in [1.29, 1.82) is 0 Å². The fourth-order valence-electron chi connectivity index (χ4n) is 1.76. The molecule has 17 heavy (non-hydrogen) atoms. The van der Waals surface area contributed by atoms with E-state index in [9.17, 15) is 15.0 Å². The Morgan fingerprint density at radius 1 is 1.29 bits per heavy atom. The Balaban J connectivity index is 1.98. The second-order valence-electron chi connectivity index (χ2n) is 4.04. The molecule has 0 saturated carbocycles. The molecule has 1 aromatic rings. The molecule has 0 unspecified atom stereocenters. The van der Waals surface area contributed by atoms with Gasteiger partial charge in [-0.1, -0.05) is 18.2 Å². The summed E-state index contributed by atoms with van der Waals surface area (Å²) in [4.78, 5) is 11.8. The lowest BCUT2D eigenvalue weighted by Crippen LogP contribution is -2.51. The summed E-state index contributed by atoms with van der Waals surface area (Å²) in [5.74, 6) is -0.260. The molecule has 1 aromatic carbocycles. The summed E-state index contributed by atoms with van der Waals surface area (Å²) in [5.41, 5.74) is 0.528. The van der Waals surface area contributed by atoms with E-state index in [1.165, 1.54) is 0 Å². The van der Waals surface area contributed by atoms with Gasteiger partial charge >= 0.3 is 0 Å². The molecule has 0 bridgehead atoms. The van der Waals surface area contributed by atoms with Gasteiger partial charge < -0.3 is 20.3 Å². The molecule has 0 aliphatic carbocycles. The van der Waals surface area contributed by atoms with Crippen LogP contribution in [0.1, 0.15) is 16.8 Å². The van der Waals surface area contributed by atoms with Crippen LogP contribution >= 0.6 is 0 Å². The van der Waals surface area contributed by atoms with Crippen molar-refractivity contribution in [1.82, 2.24) is 5.32 Å². The molecular weight excluding hydrogens is 222 g/mol. The SMILES string of the molecule is O=C(N[C@@H]1C[C@H](O)OC[C@H]1O)c1ccccc1. The largest absolute Gasteiger partial charge is 0.389 e. The monoisotopic (exact) mass is 237 g/mol. The van der Waals surface area contributed by atoms with Crippen LogP contribution < -0.4 is 5.32 Å². The van der Waals surface area contributed by atoms with E-state index in [0.29, 0.717) is 5.56 Å². The minimum absolute atomic E-state index is 0.0287. The molecule has 0 radical (unpaired) electrons. The molecule has 92 valence electrons. The zero-order valence-corrected chi connectivity index (χ0v) is 9.24. The van der Waals surface area contributed by atoms with Crippen LogP contribution in [0.3, 0.4) is 0 Å². The number of hydrogen-bond donors (Lipinski definition) is 3. The molecule has 1 aliphatic heterocycles. The minimum atomic E-state index is -0.931. The average molecular weight is 237 g/mol. The molecule has 5 nitrogen and oxygen atoms in total. The first-order valence-electron chi connectivity index (χ1n) is 5.50. The van der Waals surface area contributed by atoms with E-state index in [4.69, 9.17) is 4.74 Å². The predicted octanol–water partition coefficient (Wildman–Crippen LogP) is -0.115. The summed E-state index contributed by atoms with van der Waals surface area (Å²) in [6, 6.07) is 8.26. The lowest BCUT2D eigenvalue weighted by atomic mass is 10.0. The first-order valence-corrected chi connectivity index (χ1v) is 5.50. The Bertz CT molecular complexity index is 381. The average Bonchev–Trinajstić information content (AvgIpc) is 2.35. The van der Waals surface area contributed by atoms with E-state index >= 15 is 0 Å². The first kappa shape index (κ1) is 12.0. The maximum absolute atomic E-state index is 11.8. The van der Waals surface area contributed by atoms with Crippen molar-refractivity contribution < 1.29 is 19.7 Å². The molecular formula is C12H15NO4. The zero-order valence-electron chi connectivity index (χ0n) is 9.24. The van der Waals surface area contributed by atoms with Crippen LogP contribution in [0.4, 0.5) is 0 Å². The van der Waals surface area contributed by atoms with Gasteiger partial charge in [-0.2, -0.15) is 0 Å². The Labute approximate surface area is 99.0 Å². The second-order valence-corrected chi connectivity index (χ2v) is 4.04. The van der Waals surface area contributed by atoms with Gasteiger partial charge in [-0.3, -0.25) is 4.79 Å². The van der Waals surface area contributed by atoms with Crippen LogP contribution in [0.25, 0.3) is 0 Å². The number of carbonyl (C=O) groups excluding carboxylic acids is 1. The summed E-state index contributed by atoms with van der Waals surface area (Å²) in [6.07, 6.45) is -1.52. The molecule has 3 N–H and O–H groups in total. The van der Waals surface area contributed by atoms with Gasteiger partial charge in [-0.15, -0.1) is 0 Å². The predicted molar refractivity (Wildman–Crippen MR) is 60.3 cm³/mol. The maximum atomic E-state index is 11.8. The third kappa shape index (κ3) is 3.03. The Kier molecular flexibility index (Phi) is 3.73. The highest BCUT2D eigenvalue weighted by atomic mass is 16.6. The quantitative estimate of drug-likeness (QED) is 0.670. The molecule has 1 heterocycles. The zero-order chi connectivity index (χ0) is 12.3. The number of ether oxygens (including phenoxy) is 1. The van der Waals surface area contributed by atoms with Gasteiger partial charge in [0.2, 0.25) is 0 Å². The third-order valence-electron chi connectivity index (χ3n) is 2.73. The van der Waals surface area contributed by atoms with E-state index in [1.807, 2.05) is 6.07 Å². The summed E-state index contributed by atoms with van der Waals surface area (Å²) >= 11 is 0. The number of carbonyl (C=O) groups is 1. The van der Waals surface area contributed by atoms with Gasteiger partial charge in [0.1, 0.15) is 0 Å². The van der Waals surface area contributed by atoms with Crippen LogP contribution in [-0.4, -0.2) is 41.2 Å². The molecule has 1 fully saturated rings. The van der Waals surface area contributed by atoms with Crippen LogP contribution in [-0.2, 0) is 4.74 Å².